The standard InChI is InChI=1S/C31H25Cl2F4N3O/c1-39(16-19-4-10-25(28(34)13-19)31(35,36)37)29-18-40(17-24(29)22-9-11-26(32)27(33)14-22)30(41)21-7-5-20(6-8-21)23-3-2-12-38-15-23/h2-15,24,29H,16-18H2,1H3/t24-,29+/m1/s1. The van der Waals surface area contributed by atoms with Crippen LogP contribution in [0.25, 0.3) is 11.1 Å². The molecular formula is C31H25Cl2F4N3O. The molecule has 0 N–H and O–H groups in total. The average molecular weight is 602 g/mol. The monoisotopic (exact) mass is 601 g/mol. The second-order valence-electron chi connectivity index (χ2n) is 10.1. The molecule has 0 spiro atoms. The third kappa shape index (κ3) is 6.40. The van der Waals surface area contributed by atoms with Gasteiger partial charge in [-0.1, -0.05) is 53.5 Å². The zero-order valence-electron chi connectivity index (χ0n) is 21.9. The first-order valence-electron chi connectivity index (χ1n) is 12.8. The smallest absolute Gasteiger partial charge is 0.336 e. The number of likely N-dealkylation sites (N-methyl/N-ethyl adjacent to an activating group) is 1. The van der Waals surface area contributed by atoms with E-state index in [-0.39, 0.29) is 24.4 Å². The molecule has 1 amide bonds. The fraction of sp³-hybridized carbons (Fsp3) is 0.226. The number of amides is 1. The Morgan fingerprint density at radius 2 is 1.73 bits per heavy atom. The highest BCUT2D eigenvalue weighted by Gasteiger charge is 2.39. The zero-order chi connectivity index (χ0) is 29.3. The van der Waals surface area contributed by atoms with Gasteiger partial charge in [-0.05, 0) is 71.8 Å². The van der Waals surface area contributed by atoms with Crippen molar-refractivity contribution >= 4 is 29.1 Å². The van der Waals surface area contributed by atoms with Crippen molar-refractivity contribution in [2.45, 2.75) is 24.7 Å². The number of hydrogen-bond acceptors (Lipinski definition) is 3. The summed E-state index contributed by atoms with van der Waals surface area (Å²) in [4.78, 5) is 21.4. The number of alkyl halides is 3. The van der Waals surface area contributed by atoms with Crippen molar-refractivity contribution in [3.05, 3.63) is 123 Å². The summed E-state index contributed by atoms with van der Waals surface area (Å²) in [6, 6.07) is 19.1. The SMILES string of the molecule is CN(Cc1ccc(C(F)(F)F)c(F)c1)[C@H]1CN(C(=O)c2ccc(-c3cccnc3)cc2)C[C@@H]1c1ccc(Cl)c(Cl)c1. The number of likely N-dealkylation sites (tertiary alicyclic amines) is 1. The van der Waals surface area contributed by atoms with Gasteiger partial charge in [0, 0.05) is 49.6 Å². The number of halogens is 6. The highest BCUT2D eigenvalue weighted by Crippen LogP contribution is 2.36. The van der Waals surface area contributed by atoms with Crippen LogP contribution in [-0.2, 0) is 12.7 Å². The molecule has 41 heavy (non-hydrogen) atoms. The van der Waals surface area contributed by atoms with Gasteiger partial charge in [-0.25, -0.2) is 4.39 Å². The molecule has 0 bridgehead atoms. The number of rotatable bonds is 6. The molecule has 4 nitrogen and oxygen atoms in total. The molecule has 1 saturated heterocycles. The topological polar surface area (TPSA) is 36.4 Å². The lowest BCUT2D eigenvalue weighted by molar-refractivity contribution is -0.140. The quantitative estimate of drug-likeness (QED) is 0.210. The van der Waals surface area contributed by atoms with Crippen LogP contribution in [0.3, 0.4) is 0 Å². The second kappa shape index (κ2) is 11.8. The predicted octanol–water partition coefficient (Wildman–Crippen LogP) is 7.95. The highest BCUT2D eigenvalue weighted by molar-refractivity contribution is 6.42. The van der Waals surface area contributed by atoms with Crippen molar-refractivity contribution in [1.82, 2.24) is 14.8 Å². The summed E-state index contributed by atoms with van der Waals surface area (Å²) in [5.41, 5.74) is 2.36. The second-order valence-corrected chi connectivity index (χ2v) is 10.9. The lowest BCUT2D eigenvalue weighted by Crippen LogP contribution is -2.38. The van der Waals surface area contributed by atoms with Crippen LogP contribution in [0.1, 0.15) is 33.0 Å². The highest BCUT2D eigenvalue weighted by atomic mass is 35.5. The first-order chi connectivity index (χ1) is 19.5. The molecule has 0 unspecified atom stereocenters. The molecule has 0 aliphatic carbocycles. The van der Waals surface area contributed by atoms with Crippen LogP contribution in [0, 0.1) is 5.82 Å². The molecule has 4 aromatic rings. The van der Waals surface area contributed by atoms with Crippen molar-refractivity contribution in [2.24, 2.45) is 0 Å². The van der Waals surface area contributed by atoms with Gasteiger partial charge in [0.2, 0.25) is 0 Å². The number of carbonyl (C=O) groups is 1. The summed E-state index contributed by atoms with van der Waals surface area (Å²) in [6.07, 6.45) is -1.32. The Labute approximate surface area is 245 Å². The van der Waals surface area contributed by atoms with Gasteiger partial charge in [0.05, 0.1) is 15.6 Å². The molecule has 1 aromatic heterocycles. The summed E-state index contributed by atoms with van der Waals surface area (Å²) in [6.45, 7) is 0.921. The van der Waals surface area contributed by atoms with Crippen LogP contribution in [0.4, 0.5) is 17.6 Å². The first-order valence-corrected chi connectivity index (χ1v) is 13.6. The minimum atomic E-state index is -4.77. The molecule has 1 fully saturated rings. The van der Waals surface area contributed by atoms with E-state index in [0.717, 1.165) is 28.8 Å². The fourth-order valence-corrected chi connectivity index (χ4v) is 5.59. The van der Waals surface area contributed by atoms with Crippen molar-refractivity contribution in [3.63, 3.8) is 0 Å². The van der Waals surface area contributed by atoms with E-state index in [2.05, 4.69) is 4.98 Å². The van der Waals surface area contributed by atoms with Crippen molar-refractivity contribution in [3.8, 4) is 11.1 Å². The van der Waals surface area contributed by atoms with Gasteiger partial charge in [-0.15, -0.1) is 0 Å². The Morgan fingerprint density at radius 3 is 2.37 bits per heavy atom. The molecule has 1 aliphatic heterocycles. The Balaban J connectivity index is 1.39. The lowest BCUT2D eigenvalue weighted by atomic mass is 9.93. The van der Waals surface area contributed by atoms with Gasteiger partial charge >= 0.3 is 6.18 Å². The van der Waals surface area contributed by atoms with Crippen LogP contribution in [0.15, 0.2) is 85.2 Å². The van der Waals surface area contributed by atoms with E-state index in [9.17, 15) is 22.4 Å². The summed E-state index contributed by atoms with van der Waals surface area (Å²) < 4.78 is 53.4. The number of aromatic nitrogens is 1. The van der Waals surface area contributed by atoms with Gasteiger partial charge in [0.15, 0.2) is 0 Å². The van der Waals surface area contributed by atoms with E-state index >= 15 is 0 Å². The minimum Gasteiger partial charge on any atom is -0.336 e. The maximum absolute atomic E-state index is 14.3. The molecule has 212 valence electrons. The Kier molecular flexibility index (Phi) is 8.36. The Bertz CT molecular complexity index is 1550. The van der Waals surface area contributed by atoms with E-state index in [4.69, 9.17) is 23.2 Å². The Morgan fingerprint density at radius 1 is 0.976 bits per heavy atom. The van der Waals surface area contributed by atoms with Crippen LogP contribution in [0.2, 0.25) is 10.0 Å². The van der Waals surface area contributed by atoms with E-state index < -0.39 is 17.6 Å². The van der Waals surface area contributed by atoms with Crippen molar-refractivity contribution < 1.29 is 22.4 Å². The van der Waals surface area contributed by atoms with Gasteiger partial charge in [-0.3, -0.25) is 14.7 Å². The number of hydrogen-bond donors (Lipinski definition) is 0. The largest absolute Gasteiger partial charge is 0.419 e. The van der Waals surface area contributed by atoms with Gasteiger partial charge < -0.3 is 4.90 Å². The molecule has 3 aromatic carbocycles. The molecule has 5 rings (SSSR count). The van der Waals surface area contributed by atoms with Crippen molar-refractivity contribution in [2.75, 3.05) is 20.1 Å². The number of carbonyl (C=O) groups excluding carboxylic acids is 1. The summed E-state index contributed by atoms with van der Waals surface area (Å²) >= 11 is 12.5. The van der Waals surface area contributed by atoms with Crippen LogP contribution >= 0.6 is 23.2 Å². The molecule has 2 heterocycles. The van der Waals surface area contributed by atoms with E-state index in [1.54, 1.807) is 48.6 Å². The van der Waals surface area contributed by atoms with Gasteiger partial charge in [0.25, 0.3) is 5.91 Å². The third-order valence-electron chi connectivity index (χ3n) is 7.41. The maximum atomic E-state index is 14.3. The number of pyridine rings is 1. The van der Waals surface area contributed by atoms with Gasteiger partial charge in [-0.2, -0.15) is 13.2 Å². The van der Waals surface area contributed by atoms with Gasteiger partial charge in [0.1, 0.15) is 5.82 Å². The summed E-state index contributed by atoms with van der Waals surface area (Å²) in [7, 11) is 1.81. The van der Waals surface area contributed by atoms with E-state index in [1.807, 2.05) is 35.2 Å². The Hall–Kier alpha value is -3.46. The summed E-state index contributed by atoms with van der Waals surface area (Å²) in [5, 5.41) is 0.784. The molecule has 2 atom stereocenters. The lowest BCUT2D eigenvalue weighted by Gasteiger charge is -2.29. The van der Waals surface area contributed by atoms with Crippen LogP contribution in [0.5, 0.6) is 0 Å². The summed E-state index contributed by atoms with van der Waals surface area (Å²) in [5.74, 6) is -1.64. The van der Waals surface area contributed by atoms with E-state index in [1.165, 1.54) is 6.07 Å². The number of benzene rings is 3. The zero-order valence-corrected chi connectivity index (χ0v) is 23.4. The first kappa shape index (κ1) is 29.0. The predicted molar refractivity (Wildman–Crippen MR) is 151 cm³/mol. The van der Waals surface area contributed by atoms with Crippen LogP contribution < -0.4 is 0 Å². The molecular weight excluding hydrogens is 577 g/mol. The minimum absolute atomic E-state index is 0.149. The normalized spacial score (nSPS) is 17.3. The average Bonchev–Trinajstić information content (AvgIpc) is 3.40. The van der Waals surface area contributed by atoms with Crippen molar-refractivity contribution in [1.29, 1.82) is 0 Å². The molecule has 1 aliphatic rings. The molecule has 10 heteroatoms. The third-order valence-corrected chi connectivity index (χ3v) is 8.15. The van der Waals surface area contributed by atoms with Crippen LogP contribution in [-0.4, -0.2) is 46.9 Å². The maximum Gasteiger partial charge on any atom is 0.419 e. The molecule has 0 saturated carbocycles. The van der Waals surface area contributed by atoms with E-state index in [0.29, 0.717) is 34.3 Å². The number of nitrogens with zero attached hydrogens (tertiary/aromatic N) is 3. The molecule has 0 radical (unpaired) electrons. The fourth-order valence-electron chi connectivity index (χ4n) is 5.28.